The molecule has 0 saturated carbocycles. The van der Waals surface area contributed by atoms with Gasteiger partial charge in [0.2, 0.25) is 0 Å². The fraction of sp³-hybridized carbons (Fsp3) is 0.312. The summed E-state index contributed by atoms with van der Waals surface area (Å²) in [7, 11) is 0. The molecular weight excluding hydrogens is 291 g/mol. The highest BCUT2D eigenvalue weighted by atomic mass is 35.5. The Bertz CT molecular complexity index is 658. The monoisotopic (exact) mass is 306 g/mol. The van der Waals surface area contributed by atoms with Crippen LogP contribution >= 0.6 is 11.6 Å². The van der Waals surface area contributed by atoms with Crippen molar-refractivity contribution in [2.24, 2.45) is 0 Å². The minimum Gasteiger partial charge on any atom is -0.489 e. The van der Waals surface area contributed by atoms with Gasteiger partial charge in [-0.3, -0.25) is 4.68 Å². The summed E-state index contributed by atoms with van der Waals surface area (Å²) in [6, 6.07) is 4.44. The van der Waals surface area contributed by atoms with Crippen molar-refractivity contribution >= 4 is 11.6 Å². The van der Waals surface area contributed by atoms with Crippen LogP contribution in [0.4, 0.5) is 4.39 Å². The summed E-state index contributed by atoms with van der Waals surface area (Å²) in [6.07, 6.45) is 4.22. The average Bonchev–Trinajstić information content (AvgIpc) is 2.93. The van der Waals surface area contributed by atoms with Gasteiger partial charge in [-0.15, -0.1) is 11.6 Å². The molecular formula is C16H16ClFN2O. The molecule has 0 bridgehead atoms. The highest BCUT2D eigenvalue weighted by Crippen LogP contribution is 2.17. The molecule has 0 fully saturated rings. The standard InChI is InChI=1S/C16H16ClFN2O/c1-2-20-11-14(10-19-20)12-21-16-8-13(5-3-4-6-17)7-15(18)9-16/h7-11H,2,4,6,12H2,1H3. The van der Waals surface area contributed by atoms with E-state index in [-0.39, 0.29) is 5.82 Å². The second-order valence-corrected chi connectivity index (χ2v) is 4.79. The van der Waals surface area contributed by atoms with Crippen LogP contribution in [-0.4, -0.2) is 15.7 Å². The molecule has 1 aromatic carbocycles. The lowest BCUT2D eigenvalue weighted by atomic mass is 10.2. The first-order valence-electron chi connectivity index (χ1n) is 6.71. The van der Waals surface area contributed by atoms with Crippen molar-refractivity contribution in [2.75, 3.05) is 5.88 Å². The van der Waals surface area contributed by atoms with Crippen molar-refractivity contribution in [3.8, 4) is 17.6 Å². The van der Waals surface area contributed by atoms with Crippen molar-refractivity contribution in [1.29, 1.82) is 0 Å². The molecule has 2 aromatic rings. The van der Waals surface area contributed by atoms with E-state index in [1.165, 1.54) is 12.1 Å². The summed E-state index contributed by atoms with van der Waals surface area (Å²) in [5, 5.41) is 4.16. The van der Waals surface area contributed by atoms with E-state index in [2.05, 4.69) is 16.9 Å². The van der Waals surface area contributed by atoms with Gasteiger partial charge in [-0.1, -0.05) is 11.8 Å². The van der Waals surface area contributed by atoms with Gasteiger partial charge in [0.15, 0.2) is 0 Å². The van der Waals surface area contributed by atoms with Crippen LogP contribution in [0, 0.1) is 17.7 Å². The second-order valence-electron chi connectivity index (χ2n) is 4.41. The number of aromatic nitrogens is 2. The molecule has 3 nitrogen and oxygen atoms in total. The molecule has 5 heteroatoms. The smallest absolute Gasteiger partial charge is 0.128 e. The zero-order valence-corrected chi connectivity index (χ0v) is 12.5. The molecule has 0 atom stereocenters. The molecule has 0 unspecified atom stereocenters. The van der Waals surface area contributed by atoms with Crippen LogP contribution in [0.3, 0.4) is 0 Å². The molecule has 0 aliphatic heterocycles. The van der Waals surface area contributed by atoms with E-state index in [1.807, 2.05) is 17.8 Å². The van der Waals surface area contributed by atoms with Crippen molar-refractivity contribution in [2.45, 2.75) is 26.5 Å². The zero-order chi connectivity index (χ0) is 15.1. The minimum atomic E-state index is -0.369. The Morgan fingerprint density at radius 3 is 2.95 bits per heavy atom. The average molecular weight is 307 g/mol. The third-order valence-electron chi connectivity index (χ3n) is 2.74. The molecule has 0 aliphatic carbocycles. The molecule has 0 N–H and O–H groups in total. The predicted molar refractivity (Wildman–Crippen MR) is 80.8 cm³/mol. The molecule has 1 aromatic heterocycles. The highest BCUT2D eigenvalue weighted by molar-refractivity contribution is 6.18. The predicted octanol–water partition coefficient (Wildman–Crippen LogP) is 3.60. The van der Waals surface area contributed by atoms with Gasteiger partial charge in [-0.25, -0.2) is 4.39 Å². The third kappa shape index (κ3) is 4.80. The Morgan fingerprint density at radius 1 is 1.38 bits per heavy atom. The maximum atomic E-state index is 13.5. The molecule has 110 valence electrons. The number of nitrogens with zero attached hydrogens (tertiary/aromatic N) is 2. The molecule has 0 aliphatic rings. The summed E-state index contributed by atoms with van der Waals surface area (Å²) in [4.78, 5) is 0. The van der Waals surface area contributed by atoms with Gasteiger partial charge in [-0.2, -0.15) is 5.10 Å². The van der Waals surface area contributed by atoms with Crippen LogP contribution in [0.5, 0.6) is 5.75 Å². The number of alkyl halides is 1. The lowest BCUT2D eigenvalue weighted by Crippen LogP contribution is -1.96. The van der Waals surface area contributed by atoms with Crippen LogP contribution in [0.2, 0.25) is 0 Å². The number of aryl methyl sites for hydroxylation is 1. The quantitative estimate of drug-likeness (QED) is 0.623. The van der Waals surface area contributed by atoms with Gasteiger partial charge in [0.25, 0.3) is 0 Å². The Labute approximate surface area is 128 Å². The van der Waals surface area contributed by atoms with Crippen LogP contribution < -0.4 is 4.74 Å². The van der Waals surface area contributed by atoms with E-state index >= 15 is 0 Å². The number of ether oxygens (including phenoxy) is 1. The van der Waals surface area contributed by atoms with Gasteiger partial charge < -0.3 is 4.74 Å². The van der Waals surface area contributed by atoms with Gasteiger partial charge in [-0.05, 0) is 19.1 Å². The van der Waals surface area contributed by atoms with E-state index in [0.29, 0.717) is 30.2 Å². The first-order chi connectivity index (χ1) is 10.2. The number of hydrogen-bond acceptors (Lipinski definition) is 2. The van der Waals surface area contributed by atoms with Gasteiger partial charge >= 0.3 is 0 Å². The van der Waals surface area contributed by atoms with Gasteiger partial charge in [0.05, 0.1) is 6.20 Å². The SMILES string of the molecule is CCn1cc(COc2cc(F)cc(C#CCCCl)c2)cn1. The summed E-state index contributed by atoms with van der Waals surface area (Å²) in [5.41, 5.74) is 1.52. The summed E-state index contributed by atoms with van der Waals surface area (Å²) in [6.45, 7) is 3.16. The Balaban J connectivity index is 2.04. The first-order valence-corrected chi connectivity index (χ1v) is 7.24. The van der Waals surface area contributed by atoms with E-state index in [1.54, 1.807) is 12.3 Å². The Hall–Kier alpha value is -1.99. The second kappa shape index (κ2) is 7.70. The molecule has 0 spiro atoms. The van der Waals surface area contributed by atoms with Gasteiger partial charge in [0.1, 0.15) is 18.2 Å². The van der Waals surface area contributed by atoms with Crippen LogP contribution in [0.15, 0.2) is 30.6 Å². The topological polar surface area (TPSA) is 27.1 Å². The number of benzene rings is 1. The van der Waals surface area contributed by atoms with Gasteiger partial charge in [0, 0.05) is 42.2 Å². The molecule has 2 rings (SSSR count). The zero-order valence-electron chi connectivity index (χ0n) is 11.8. The van der Waals surface area contributed by atoms with E-state index < -0.39 is 0 Å². The molecule has 21 heavy (non-hydrogen) atoms. The first kappa shape index (κ1) is 15.4. The van der Waals surface area contributed by atoms with Crippen LogP contribution in [0.1, 0.15) is 24.5 Å². The Morgan fingerprint density at radius 2 is 2.24 bits per heavy atom. The fourth-order valence-corrected chi connectivity index (χ4v) is 1.85. The van der Waals surface area contributed by atoms with E-state index in [0.717, 1.165) is 12.1 Å². The lowest BCUT2D eigenvalue weighted by Gasteiger charge is -2.05. The van der Waals surface area contributed by atoms with Crippen molar-refractivity contribution in [1.82, 2.24) is 9.78 Å². The largest absolute Gasteiger partial charge is 0.489 e. The summed E-state index contributed by atoms with van der Waals surface area (Å²) in [5.74, 6) is 6.29. The normalized spacial score (nSPS) is 10.0. The lowest BCUT2D eigenvalue weighted by molar-refractivity contribution is 0.304. The maximum absolute atomic E-state index is 13.5. The molecule has 0 saturated heterocycles. The maximum Gasteiger partial charge on any atom is 0.128 e. The molecule has 0 radical (unpaired) electrons. The van der Waals surface area contributed by atoms with E-state index in [4.69, 9.17) is 16.3 Å². The highest BCUT2D eigenvalue weighted by Gasteiger charge is 2.03. The van der Waals surface area contributed by atoms with Crippen molar-refractivity contribution < 1.29 is 9.13 Å². The fourth-order valence-electron chi connectivity index (χ4n) is 1.75. The van der Waals surface area contributed by atoms with Crippen LogP contribution in [-0.2, 0) is 13.2 Å². The van der Waals surface area contributed by atoms with Crippen molar-refractivity contribution in [3.05, 3.63) is 47.5 Å². The number of rotatable bonds is 5. The molecule has 1 heterocycles. The van der Waals surface area contributed by atoms with Crippen LogP contribution in [0.25, 0.3) is 0 Å². The number of hydrogen-bond donors (Lipinski definition) is 0. The third-order valence-corrected chi connectivity index (χ3v) is 2.93. The Kier molecular flexibility index (Phi) is 5.65. The minimum absolute atomic E-state index is 0.345. The summed E-state index contributed by atoms with van der Waals surface area (Å²) >= 11 is 5.55. The summed E-state index contributed by atoms with van der Waals surface area (Å²) < 4.78 is 20.9. The van der Waals surface area contributed by atoms with Crippen molar-refractivity contribution in [3.63, 3.8) is 0 Å². The molecule has 0 amide bonds. The number of halogens is 2. The van der Waals surface area contributed by atoms with E-state index in [9.17, 15) is 4.39 Å².